The maximum atomic E-state index is 9.54. The Morgan fingerprint density at radius 3 is 2.58 bits per heavy atom. The Kier molecular flexibility index (Phi) is 3.23. The first-order chi connectivity index (χ1) is 9.29. The molecule has 1 nitrogen and oxygen atoms in total. The molecule has 0 saturated carbocycles. The second-order valence-corrected chi connectivity index (χ2v) is 5.59. The molecule has 0 bridgehead atoms. The molecule has 1 aliphatic rings. The minimum Gasteiger partial charge on any atom is -0.198 e. The van der Waals surface area contributed by atoms with Crippen molar-refractivity contribution in [3.8, 4) is 6.07 Å². The van der Waals surface area contributed by atoms with Crippen molar-refractivity contribution in [2.24, 2.45) is 0 Å². The summed E-state index contributed by atoms with van der Waals surface area (Å²) < 4.78 is 1.05. The fourth-order valence-electron chi connectivity index (χ4n) is 2.61. The van der Waals surface area contributed by atoms with Gasteiger partial charge in [0.05, 0.1) is 12.0 Å². The highest BCUT2D eigenvalue weighted by atomic mass is 79.9. The van der Waals surface area contributed by atoms with Crippen molar-refractivity contribution in [3.05, 3.63) is 75.8 Å². The largest absolute Gasteiger partial charge is 0.198 e. The van der Waals surface area contributed by atoms with Gasteiger partial charge in [0.15, 0.2) is 0 Å². The van der Waals surface area contributed by atoms with E-state index in [1.807, 2.05) is 30.3 Å². The van der Waals surface area contributed by atoms with Gasteiger partial charge < -0.3 is 0 Å². The lowest BCUT2D eigenvalue weighted by atomic mass is 9.77. The summed E-state index contributed by atoms with van der Waals surface area (Å²) in [5, 5.41) is 9.54. The van der Waals surface area contributed by atoms with Crippen LogP contribution >= 0.6 is 15.9 Å². The van der Waals surface area contributed by atoms with Crippen molar-refractivity contribution in [2.45, 2.75) is 11.8 Å². The van der Waals surface area contributed by atoms with Gasteiger partial charge in [0.25, 0.3) is 0 Å². The average molecular weight is 310 g/mol. The van der Waals surface area contributed by atoms with E-state index < -0.39 is 0 Å². The van der Waals surface area contributed by atoms with Crippen molar-refractivity contribution in [2.75, 3.05) is 0 Å². The third-order valence-electron chi connectivity index (χ3n) is 3.55. The number of allylic oxidation sites excluding steroid dienone is 1. The van der Waals surface area contributed by atoms with Gasteiger partial charge in [0, 0.05) is 10.4 Å². The van der Waals surface area contributed by atoms with Crippen LogP contribution in [0.1, 0.15) is 28.5 Å². The molecule has 2 aromatic carbocycles. The van der Waals surface area contributed by atoms with Crippen LogP contribution < -0.4 is 0 Å². The third-order valence-corrected chi connectivity index (χ3v) is 4.04. The van der Waals surface area contributed by atoms with Gasteiger partial charge in [0.2, 0.25) is 0 Å². The summed E-state index contributed by atoms with van der Waals surface area (Å²) >= 11 is 3.48. The summed E-state index contributed by atoms with van der Waals surface area (Å²) in [7, 11) is 0. The van der Waals surface area contributed by atoms with Crippen molar-refractivity contribution in [1.29, 1.82) is 5.26 Å². The molecule has 0 aromatic heterocycles. The number of halogens is 1. The lowest BCUT2D eigenvalue weighted by molar-refractivity contribution is 0.741. The van der Waals surface area contributed by atoms with Gasteiger partial charge in [-0.15, -0.1) is 0 Å². The van der Waals surface area contributed by atoms with Crippen LogP contribution in [0.2, 0.25) is 0 Å². The SMILES string of the molecule is N#CC1c2ccc(Br)cc2C=CC1c1ccccc1. The molecule has 1 aliphatic carbocycles. The lowest BCUT2D eigenvalue weighted by Crippen LogP contribution is -2.12. The fourth-order valence-corrected chi connectivity index (χ4v) is 2.99. The minimum absolute atomic E-state index is 0.115. The summed E-state index contributed by atoms with van der Waals surface area (Å²) in [4.78, 5) is 0. The van der Waals surface area contributed by atoms with Gasteiger partial charge in [0.1, 0.15) is 0 Å². The molecule has 0 aliphatic heterocycles. The predicted molar refractivity (Wildman–Crippen MR) is 80.7 cm³/mol. The molecule has 2 unspecified atom stereocenters. The van der Waals surface area contributed by atoms with Crippen LogP contribution in [-0.2, 0) is 0 Å². The van der Waals surface area contributed by atoms with Gasteiger partial charge in [-0.1, -0.05) is 64.5 Å². The van der Waals surface area contributed by atoms with E-state index in [-0.39, 0.29) is 11.8 Å². The monoisotopic (exact) mass is 309 g/mol. The molecule has 2 atom stereocenters. The van der Waals surface area contributed by atoms with E-state index in [4.69, 9.17) is 0 Å². The van der Waals surface area contributed by atoms with E-state index in [0.717, 1.165) is 15.6 Å². The normalized spacial score (nSPS) is 20.6. The van der Waals surface area contributed by atoms with Crippen molar-refractivity contribution in [1.82, 2.24) is 0 Å². The first kappa shape index (κ1) is 12.2. The molecule has 0 radical (unpaired) electrons. The number of fused-ring (bicyclic) bond motifs is 1. The van der Waals surface area contributed by atoms with Crippen molar-refractivity contribution in [3.63, 3.8) is 0 Å². The Morgan fingerprint density at radius 2 is 1.84 bits per heavy atom. The van der Waals surface area contributed by atoms with E-state index in [1.54, 1.807) is 0 Å². The van der Waals surface area contributed by atoms with Crippen LogP contribution in [0.5, 0.6) is 0 Å². The molecule has 0 fully saturated rings. The van der Waals surface area contributed by atoms with Gasteiger partial charge in [-0.3, -0.25) is 0 Å². The smallest absolute Gasteiger partial charge is 0.0821 e. The molecule has 0 saturated heterocycles. The Hall–Kier alpha value is -1.85. The number of nitriles is 1. The summed E-state index contributed by atoms with van der Waals surface area (Å²) in [5.74, 6) is 0.0235. The molecule has 0 heterocycles. The second kappa shape index (κ2) is 5.03. The Balaban J connectivity index is 2.09. The van der Waals surface area contributed by atoms with Crippen LogP contribution in [-0.4, -0.2) is 0 Å². The highest BCUT2D eigenvalue weighted by molar-refractivity contribution is 9.10. The topological polar surface area (TPSA) is 23.8 Å². The molecular weight excluding hydrogens is 298 g/mol. The second-order valence-electron chi connectivity index (χ2n) is 4.68. The third kappa shape index (κ3) is 2.22. The molecule has 19 heavy (non-hydrogen) atoms. The van der Waals surface area contributed by atoms with E-state index in [2.05, 4.69) is 52.4 Å². The zero-order valence-electron chi connectivity index (χ0n) is 10.3. The number of rotatable bonds is 1. The van der Waals surface area contributed by atoms with Gasteiger partial charge in [-0.25, -0.2) is 0 Å². The number of hydrogen-bond acceptors (Lipinski definition) is 1. The van der Waals surface area contributed by atoms with Gasteiger partial charge in [-0.05, 0) is 28.8 Å². The molecule has 0 amide bonds. The molecule has 92 valence electrons. The van der Waals surface area contributed by atoms with E-state index in [9.17, 15) is 5.26 Å². The summed E-state index contributed by atoms with van der Waals surface area (Å²) in [6, 6.07) is 18.8. The maximum Gasteiger partial charge on any atom is 0.0821 e. The van der Waals surface area contributed by atoms with Gasteiger partial charge >= 0.3 is 0 Å². The molecule has 0 spiro atoms. The molecule has 0 N–H and O–H groups in total. The van der Waals surface area contributed by atoms with Crippen LogP contribution in [0, 0.1) is 11.3 Å². The fraction of sp³-hybridized carbons (Fsp3) is 0.118. The summed E-state index contributed by atoms with van der Waals surface area (Å²) in [6.07, 6.45) is 4.25. The number of nitrogens with zero attached hydrogens (tertiary/aromatic N) is 1. The van der Waals surface area contributed by atoms with E-state index in [1.165, 1.54) is 5.56 Å². The van der Waals surface area contributed by atoms with E-state index in [0.29, 0.717) is 0 Å². The minimum atomic E-state index is -0.115. The average Bonchev–Trinajstić information content (AvgIpc) is 2.46. The van der Waals surface area contributed by atoms with Crippen LogP contribution in [0.15, 0.2) is 59.1 Å². The Morgan fingerprint density at radius 1 is 1.05 bits per heavy atom. The Bertz CT molecular complexity index is 667. The van der Waals surface area contributed by atoms with E-state index >= 15 is 0 Å². The maximum absolute atomic E-state index is 9.54. The summed E-state index contributed by atoms with van der Waals surface area (Å²) in [6.45, 7) is 0. The van der Waals surface area contributed by atoms with Crippen molar-refractivity contribution >= 4 is 22.0 Å². The highest BCUT2D eigenvalue weighted by Gasteiger charge is 2.27. The van der Waals surface area contributed by atoms with Crippen LogP contribution in [0.4, 0.5) is 0 Å². The first-order valence-electron chi connectivity index (χ1n) is 6.22. The standard InChI is InChI=1S/C17H12BrN/c18-14-7-9-16-13(10-14)6-8-15(17(16)11-19)12-4-2-1-3-5-12/h1-10,15,17H. The lowest BCUT2D eigenvalue weighted by Gasteiger charge is -2.25. The molecule has 3 rings (SSSR count). The van der Waals surface area contributed by atoms with Crippen LogP contribution in [0.3, 0.4) is 0 Å². The first-order valence-corrected chi connectivity index (χ1v) is 7.01. The van der Waals surface area contributed by atoms with Crippen molar-refractivity contribution < 1.29 is 0 Å². The molecule has 2 heteroatoms. The van der Waals surface area contributed by atoms with Crippen LogP contribution in [0.25, 0.3) is 6.08 Å². The Labute approximate surface area is 121 Å². The summed E-state index contributed by atoms with van der Waals surface area (Å²) in [5.41, 5.74) is 3.44. The number of benzene rings is 2. The zero-order chi connectivity index (χ0) is 13.2. The predicted octanol–water partition coefficient (Wildman–Crippen LogP) is 4.87. The molecule has 2 aromatic rings. The molecular formula is C17H12BrN. The van der Waals surface area contributed by atoms with Gasteiger partial charge in [-0.2, -0.15) is 5.26 Å². The number of hydrogen-bond donors (Lipinski definition) is 0. The zero-order valence-corrected chi connectivity index (χ0v) is 11.8. The quantitative estimate of drug-likeness (QED) is 0.737. The highest BCUT2D eigenvalue weighted by Crippen LogP contribution is 2.40.